The highest BCUT2D eigenvalue weighted by molar-refractivity contribution is 8.10. The van der Waals surface area contributed by atoms with Gasteiger partial charge in [0.05, 0.1) is 9.63 Å². The van der Waals surface area contributed by atoms with E-state index in [-0.39, 0.29) is 11.5 Å². The van der Waals surface area contributed by atoms with Crippen molar-refractivity contribution in [2.75, 3.05) is 11.5 Å². The molecule has 0 spiro atoms. The normalized spacial score (nSPS) is 15.0. The lowest BCUT2D eigenvalue weighted by atomic mass is 10.1. The zero-order valence-corrected chi connectivity index (χ0v) is 10.2. The highest BCUT2D eigenvalue weighted by atomic mass is 32.3. The predicted molar refractivity (Wildman–Crippen MR) is 62.2 cm³/mol. The second-order valence-electron chi connectivity index (χ2n) is 3.95. The van der Waals surface area contributed by atoms with Crippen LogP contribution in [0.2, 0.25) is 0 Å². The van der Waals surface area contributed by atoms with Crippen LogP contribution in [0, 0.1) is 0 Å². The molecule has 0 rings (SSSR count). The Morgan fingerprint density at radius 1 is 0.929 bits per heavy atom. The van der Waals surface area contributed by atoms with E-state index >= 15 is 0 Å². The topological polar surface area (TPSA) is 57.5 Å². The van der Waals surface area contributed by atoms with Gasteiger partial charge in [-0.3, -0.25) is 0 Å². The van der Waals surface area contributed by atoms with E-state index in [1.54, 1.807) is 6.92 Å². The third-order valence-electron chi connectivity index (χ3n) is 2.49. The van der Waals surface area contributed by atoms with E-state index in [0.29, 0.717) is 6.42 Å². The lowest BCUT2D eigenvalue weighted by molar-refractivity contribution is 0.388. The van der Waals surface area contributed by atoms with Crippen molar-refractivity contribution in [2.24, 2.45) is 0 Å². The van der Waals surface area contributed by atoms with Crippen LogP contribution in [0.1, 0.15) is 52.4 Å². The molecular formula is C10H24O3S. The molecule has 0 saturated heterocycles. The smallest absolute Gasteiger partial charge is 0.0823 e. The summed E-state index contributed by atoms with van der Waals surface area (Å²) in [7, 11) is -4.22. The molecule has 0 fully saturated rings. The molecule has 0 aliphatic carbocycles. The Labute approximate surface area is 87.3 Å². The number of hydrogen-bond acceptors (Lipinski definition) is 1. The van der Waals surface area contributed by atoms with E-state index in [2.05, 4.69) is 6.92 Å². The summed E-state index contributed by atoms with van der Waals surface area (Å²) in [6.45, 7) is 3.70. The fourth-order valence-electron chi connectivity index (χ4n) is 1.32. The van der Waals surface area contributed by atoms with Gasteiger partial charge in [0, 0.05) is 11.5 Å². The Bertz CT molecular complexity index is 207. The van der Waals surface area contributed by atoms with Gasteiger partial charge in [0.15, 0.2) is 0 Å². The van der Waals surface area contributed by atoms with Crippen molar-refractivity contribution in [3.05, 3.63) is 0 Å². The van der Waals surface area contributed by atoms with Crippen molar-refractivity contribution in [3.8, 4) is 0 Å². The minimum Gasteiger partial charge on any atom is -0.308 e. The Kier molecular flexibility index (Phi) is 5.86. The quantitative estimate of drug-likeness (QED) is 0.623. The average molecular weight is 224 g/mol. The predicted octanol–water partition coefficient (Wildman–Crippen LogP) is 3.13. The maximum absolute atomic E-state index is 11.4. The van der Waals surface area contributed by atoms with Crippen LogP contribution in [-0.2, 0) is 9.63 Å². The van der Waals surface area contributed by atoms with Gasteiger partial charge in [-0.25, -0.2) is 4.21 Å². The summed E-state index contributed by atoms with van der Waals surface area (Å²) in [5, 5.41) is 0. The molecule has 3 nitrogen and oxygen atoms in total. The van der Waals surface area contributed by atoms with Gasteiger partial charge >= 0.3 is 0 Å². The Morgan fingerprint density at radius 3 is 1.93 bits per heavy atom. The van der Waals surface area contributed by atoms with Crippen LogP contribution in [0.15, 0.2) is 0 Å². The van der Waals surface area contributed by atoms with Crippen molar-refractivity contribution in [1.29, 1.82) is 0 Å². The maximum Gasteiger partial charge on any atom is 0.0823 e. The molecule has 0 radical (unpaired) electrons. The molecular weight excluding hydrogens is 200 g/mol. The minimum atomic E-state index is -4.22. The second-order valence-corrected chi connectivity index (χ2v) is 7.31. The van der Waals surface area contributed by atoms with Gasteiger partial charge in [-0.1, -0.05) is 46.0 Å². The van der Waals surface area contributed by atoms with Crippen LogP contribution in [-0.4, -0.2) is 24.8 Å². The molecule has 0 aromatic carbocycles. The van der Waals surface area contributed by atoms with Gasteiger partial charge in [0.1, 0.15) is 0 Å². The van der Waals surface area contributed by atoms with Crippen LogP contribution in [0.3, 0.4) is 0 Å². The molecule has 0 heterocycles. The Hall–Kier alpha value is 0.0700. The molecule has 0 unspecified atom stereocenters. The van der Waals surface area contributed by atoms with Gasteiger partial charge in [0.25, 0.3) is 0 Å². The van der Waals surface area contributed by atoms with Crippen molar-refractivity contribution in [1.82, 2.24) is 0 Å². The SMILES string of the molecule is CCCCCCCCS(=O)(O)(O)CC. The second kappa shape index (κ2) is 5.83. The first-order valence-corrected chi connectivity index (χ1v) is 7.74. The van der Waals surface area contributed by atoms with E-state index in [4.69, 9.17) is 0 Å². The molecule has 0 aliphatic heterocycles. The first kappa shape index (κ1) is 14.1. The summed E-state index contributed by atoms with van der Waals surface area (Å²) in [4.78, 5) is 0. The first-order chi connectivity index (χ1) is 6.39. The molecule has 0 amide bonds. The van der Waals surface area contributed by atoms with Crippen molar-refractivity contribution in [3.63, 3.8) is 0 Å². The molecule has 2 N–H and O–H groups in total. The van der Waals surface area contributed by atoms with Crippen LogP contribution < -0.4 is 0 Å². The molecule has 0 atom stereocenters. The van der Waals surface area contributed by atoms with Crippen LogP contribution in [0.25, 0.3) is 0 Å². The maximum atomic E-state index is 11.4. The van der Waals surface area contributed by atoms with Gasteiger partial charge < -0.3 is 9.11 Å². The van der Waals surface area contributed by atoms with Gasteiger partial charge in [-0.15, -0.1) is 0 Å². The van der Waals surface area contributed by atoms with Crippen LogP contribution in [0.4, 0.5) is 0 Å². The van der Waals surface area contributed by atoms with Crippen LogP contribution in [0.5, 0.6) is 0 Å². The lowest BCUT2D eigenvalue weighted by Crippen LogP contribution is -2.37. The van der Waals surface area contributed by atoms with E-state index < -0.39 is 9.63 Å². The lowest BCUT2D eigenvalue weighted by Gasteiger charge is -2.28. The molecule has 4 heteroatoms. The molecule has 0 saturated carbocycles. The molecule has 14 heavy (non-hydrogen) atoms. The average Bonchev–Trinajstić information content (AvgIpc) is 2.11. The Morgan fingerprint density at radius 2 is 1.43 bits per heavy atom. The summed E-state index contributed by atoms with van der Waals surface area (Å²) >= 11 is 0. The van der Waals surface area contributed by atoms with Crippen molar-refractivity contribution >= 4 is 9.63 Å². The largest absolute Gasteiger partial charge is 0.308 e. The van der Waals surface area contributed by atoms with Crippen molar-refractivity contribution in [2.45, 2.75) is 52.4 Å². The summed E-state index contributed by atoms with van der Waals surface area (Å²) in [5.74, 6) is -0.00795. The highest BCUT2D eigenvalue weighted by Gasteiger charge is 2.25. The summed E-state index contributed by atoms with van der Waals surface area (Å²) in [6.07, 6.45) is 6.30. The monoisotopic (exact) mass is 224 g/mol. The molecule has 0 bridgehead atoms. The minimum absolute atomic E-state index is 0.0415. The first-order valence-electron chi connectivity index (χ1n) is 5.52. The molecule has 0 aromatic heterocycles. The molecule has 0 aromatic rings. The fourth-order valence-corrected chi connectivity index (χ4v) is 2.39. The van der Waals surface area contributed by atoms with Crippen LogP contribution >= 0.6 is 0 Å². The highest BCUT2D eigenvalue weighted by Crippen LogP contribution is 2.18. The van der Waals surface area contributed by atoms with E-state index in [1.807, 2.05) is 0 Å². The third-order valence-corrected chi connectivity index (χ3v) is 4.76. The summed E-state index contributed by atoms with van der Waals surface area (Å²) < 4.78 is 30.0. The zero-order valence-electron chi connectivity index (χ0n) is 9.37. The van der Waals surface area contributed by atoms with Gasteiger partial charge in [-0.05, 0) is 6.42 Å². The molecule has 88 valence electrons. The standard InChI is InChI=1S/C10H24O3S/c1-3-5-6-7-8-9-10-14(11,12,13)4-2/h3-10H2,1-2H3,(H2,11,12,13). The van der Waals surface area contributed by atoms with Gasteiger partial charge in [-0.2, -0.15) is 0 Å². The summed E-state index contributed by atoms with van der Waals surface area (Å²) in [5.41, 5.74) is 0. The summed E-state index contributed by atoms with van der Waals surface area (Å²) in [6, 6.07) is 0. The number of unbranched alkanes of at least 4 members (excludes halogenated alkanes) is 5. The van der Waals surface area contributed by atoms with E-state index in [9.17, 15) is 13.3 Å². The third kappa shape index (κ3) is 7.47. The van der Waals surface area contributed by atoms with E-state index in [1.165, 1.54) is 19.3 Å². The van der Waals surface area contributed by atoms with Gasteiger partial charge in [0.2, 0.25) is 0 Å². The Balaban J connectivity index is 3.50. The van der Waals surface area contributed by atoms with E-state index in [0.717, 1.165) is 12.8 Å². The fraction of sp³-hybridized carbons (Fsp3) is 1.00. The van der Waals surface area contributed by atoms with Crippen molar-refractivity contribution < 1.29 is 13.3 Å². The molecule has 0 aliphatic rings. The number of rotatable bonds is 8. The number of hydrogen-bond donors (Lipinski definition) is 2. The zero-order chi connectivity index (χ0) is 11.1.